The molecule has 3 aromatic rings. The first-order valence-electron chi connectivity index (χ1n) is 11.7. The Morgan fingerprint density at radius 2 is 1.84 bits per heavy atom. The van der Waals surface area contributed by atoms with Gasteiger partial charge in [0.1, 0.15) is 10.7 Å². The van der Waals surface area contributed by atoms with Gasteiger partial charge in [-0.2, -0.15) is 0 Å². The Labute approximate surface area is 215 Å². The normalized spacial score (nSPS) is 14.3. The molecule has 0 spiro atoms. The van der Waals surface area contributed by atoms with E-state index in [0.717, 1.165) is 36.1 Å². The standard InChI is InChI=1S/C27H27FN4O4S/c1-3-26(33)32-12-9-19(10-13-32)20-8-11-29-24(17-20)21-14-18(2)15-22(16-21)27(34)30-31-37(35,36)25-7-5-4-6-23(25)28/h3-8,11,14-17,19,31H,1,9-10,12-13H2,2H3,(H,30,34). The molecule has 2 aromatic carbocycles. The van der Waals surface area contributed by atoms with E-state index in [1.807, 2.05) is 30.0 Å². The van der Waals surface area contributed by atoms with Crippen LogP contribution in [0.25, 0.3) is 11.3 Å². The van der Waals surface area contributed by atoms with Gasteiger partial charge in [0.05, 0.1) is 5.69 Å². The molecular formula is C27H27FN4O4S. The Balaban J connectivity index is 1.50. The molecule has 0 saturated carbocycles. The van der Waals surface area contributed by atoms with Crippen LogP contribution in [0.2, 0.25) is 0 Å². The summed E-state index contributed by atoms with van der Waals surface area (Å²) in [6.07, 6.45) is 4.71. The number of piperidine rings is 1. The lowest BCUT2D eigenvalue weighted by atomic mass is 9.89. The molecule has 37 heavy (non-hydrogen) atoms. The predicted octanol–water partition coefficient (Wildman–Crippen LogP) is 3.71. The van der Waals surface area contributed by atoms with Crippen LogP contribution in [0, 0.1) is 12.7 Å². The minimum atomic E-state index is -4.29. The summed E-state index contributed by atoms with van der Waals surface area (Å²) >= 11 is 0. The van der Waals surface area contributed by atoms with E-state index in [4.69, 9.17) is 0 Å². The van der Waals surface area contributed by atoms with Crippen LogP contribution < -0.4 is 10.3 Å². The second-order valence-electron chi connectivity index (χ2n) is 8.86. The third-order valence-electron chi connectivity index (χ3n) is 6.30. The van der Waals surface area contributed by atoms with Gasteiger partial charge in [-0.05, 0) is 85.4 Å². The van der Waals surface area contributed by atoms with Gasteiger partial charge < -0.3 is 4.90 Å². The highest BCUT2D eigenvalue weighted by molar-refractivity contribution is 7.89. The number of carbonyl (C=O) groups excluding carboxylic acids is 2. The second kappa shape index (κ2) is 11.0. The summed E-state index contributed by atoms with van der Waals surface area (Å²) in [6.45, 7) is 6.68. The number of amides is 2. The number of likely N-dealkylation sites (tertiary alicyclic amines) is 1. The number of carbonyl (C=O) groups is 2. The van der Waals surface area contributed by atoms with Gasteiger partial charge in [-0.1, -0.05) is 18.7 Å². The van der Waals surface area contributed by atoms with Crippen molar-refractivity contribution in [3.63, 3.8) is 0 Å². The predicted molar refractivity (Wildman–Crippen MR) is 137 cm³/mol. The number of halogens is 1. The molecule has 0 unspecified atom stereocenters. The Kier molecular flexibility index (Phi) is 7.80. The molecule has 0 atom stereocenters. The summed E-state index contributed by atoms with van der Waals surface area (Å²) in [5.74, 6) is -1.40. The maximum atomic E-state index is 13.9. The van der Waals surface area contributed by atoms with Crippen molar-refractivity contribution < 1.29 is 22.4 Å². The molecule has 1 saturated heterocycles. The van der Waals surface area contributed by atoms with Crippen LogP contribution >= 0.6 is 0 Å². The number of hydrogen-bond acceptors (Lipinski definition) is 5. The molecule has 2 N–H and O–H groups in total. The second-order valence-corrected chi connectivity index (χ2v) is 10.5. The molecule has 8 nitrogen and oxygen atoms in total. The van der Waals surface area contributed by atoms with Crippen LogP contribution in [0.1, 0.15) is 40.2 Å². The fourth-order valence-corrected chi connectivity index (χ4v) is 5.31. The first-order valence-corrected chi connectivity index (χ1v) is 13.2. The first-order chi connectivity index (χ1) is 17.7. The van der Waals surface area contributed by atoms with Crippen molar-refractivity contribution in [1.29, 1.82) is 0 Å². The summed E-state index contributed by atoms with van der Waals surface area (Å²) in [6, 6.07) is 14.0. The van der Waals surface area contributed by atoms with E-state index in [1.165, 1.54) is 18.2 Å². The first kappa shape index (κ1) is 26.2. The molecule has 10 heteroatoms. The molecule has 1 aliphatic rings. The number of aromatic nitrogens is 1. The van der Waals surface area contributed by atoms with Crippen molar-refractivity contribution in [1.82, 2.24) is 20.1 Å². The summed E-state index contributed by atoms with van der Waals surface area (Å²) in [4.78, 5) is 32.3. The molecule has 0 radical (unpaired) electrons. The minimum absolute atomic E-state index is 0.0596. The fourth-order valence-electron chi connectivity index (χ4n) is 4.39. The molecule has 1 aliphatic heterocycles. The van der Waals surface area contributed by atoms with E-state index in [2.05, 4.69) is 17.0 Å². The quantitative estimate of drug-likeness (QED) is 0.363. The zero-order valence-electron chi connectivity index (χ0n) is 20.3. The van der Waals surface area contributed by atoms with E-state index < -0.39 is 26.6 Å². The highest BCUT2D eigenvalue weighted by Gasteiger charge is 2.23. The van der Waals surface area contributed by atoms with Crippen molar-refractivity contribution in [2.45, 2.75) is 30.6 Å². The summed E-state index contributed by atoms with van der Waals surface area (Å²) in [7, 11) is -4.29. The number of aryl methyl sites for hydroxylation is 1. The summed E-state index contributed by atoms with van der Waals surface area (Å²) in [5.41, 5.74) is 5.62. The number of rotatable bonds is 7. The smallest absolute Gasteiger partial charge is 0.266 e. The third-order valence-corrected chi connectivity index (χ3v) is 7.58. The molecule has 192 valence electrons. The van der Waals surface area contributed by atoms with Gasteiger partial charge in [-0.15, -0.1) is 4.83 Å². The van der Waals surface area contributed by atoms with E-state index in [-0.39, 0.29) is 17.4 Å². The third kappa shape index (κ3) is 6.10. The number of hydrazine groups is 1. The number of nitrogens with one attached hydrogen (secondary N) is 2. The van der Waals surface area contributed by atoms with E-state index in [1.54, 1.807) is 23.2 Å². The maximum absolute atomic E-state index is 13.9. The molecule has 1 aromatic heterocycles. The van der Waals surface area contributed by atoms with Crippen molar-refractivity contribution in [2.24, 2.45) is 0 Å². The molecule has 2 amide bonds. The van der Waals surface area contributed by atoms with Crippen LogP contribution in [-0.4, -0.2) is 43.2 Å². The van der Waals surface area contributed by atoms with Gasteiger partial charge in [0.25, 0.3) is 15.9 Å². The Bertz CT molecular complexity index is 1450. The van der Waals surface area contributed by atoms with Crippen LogP contribution in [0.3, 0.4) is 0 Å². The largest absolute Gasteiger partial charge is 0.339 e. The highest BCUT2D eigenvalue weighted by atomic mass is 32.2. The lowest BCUT2D eigenvalue weighted by Crippen LogP contribution is -2.41. The van der Waals surface area contributed by atoms with Crippen molar-refractivity contribution >= 4 is 21.8 Å². The van der Waals surface area contributed by atoms with E-state index in [9.17, 15) is 22.4 Å². The van der Waals surface area contributed by atoms with E-state index in [0.29, 0.717) is 24.3 Å². The zero-order valence-corrected chi connectivity index (χ0v) is 21.1. The van der Waals surface area contributed by atoms with Crippen molar-refractivity contribution in [3.8, 4) is 11.3 Å². The van der Waals surface area contributed by atoms with Crippen LogP contribution in [0.15, 0.2) is 78.3 Å². The fraction of sp³-hybridized carbons (Fsp3) is 0.222. The molecule has 0 aliphatic carbocycles. The highest BCUT2D eigenvalue weighted by Crippen LogP contribution is 2.30. The number of benzene rings is 2. The molecule has 1 fully saturated rings. The lowest BCUT2D eigenvalue weighted by molar-refractivity contribution is -0.127. The van der Waals surface area contributed by atoms with Crippen LogP contribution in [0.5, 0.6) is 0 Å². The molecular weight excluding hydrogens is 495 g/mol. The van der Waals surface area contributed by atoms with Gasteiger partial charge in [0, 0.05) is 30.4 Å². The van der Waals surface area contributed by atoms with Gasteiger partial charge in [0.2, 0.25) is 5.91 Å². The van der Waals surface area contributed by atoms with E-state index >= 15 is 0 Å². The average molecular weight is 523 g/mol. The van der Waals surface area contributed by atoms with Crippen molar-refractivity contribution in [2.75, 3.05) is 13.1 Å². The molecule has 2 heterocycles. The Morgan fingerprint density at radius 3 is 2.54 bits per heavy atom. The van der Waals surface area contributed by atoms with Gasteiger partial charge in [-0.25, -0.2) is 12.8 Å². The van der Waals surface area contributed by atoms with Gasteiger partial charge >= 0.3 is 0 Å². The number of pyridine rings is 1. The topological polar surface area (TPSA) is 108 Å². The van der Waals surface area contributed by atoms with Gasteiger partial charge in [0.15, 0.2) is 0 Å². The maximum Gasteiger partial charge on any atom is 0.266 e. The summed E-state index contributed by atoms with van der Waals surface area (Å²) in [5, 5.41) is 0. The number of nitrogens with zero attached hydrogens (tertiary/aromatic N) is 2. The average Bonchev–Trinajstić information content (AvgIpc) is 2.91. The summed E-state index contributed by atoms with van der Waals surface area (Å²) < 4.78 is 38.7. The van der Waals surface area contributed by atoms with Gasteiger partial charge in [-0.3, -0.25) is 20.0 Å². The zero-order chi connectivity index (χ0) is 26.6. The monoisotopic (exact) mass is 522 g/mol. The SMILES string of the molecule is C=CC(=O)N1CCC(c2ccnc(-c3cc(C)cc(C(=O)NNS(=O)(=O)c4ccccc4F)c3)c2)CC1. The Hall–Kier alpha value is -3.89. The molecule has 0 bridgehead atoms. The van der Waals surface area contributed by atoms with Crippen LogP contribution in [0.4, 0.5) is 4.39 Å². The lowest BCUT2D eigenvalue weighted by Gasteiger charge is -2.31. The van der Waals surface area contributed by atoms with Crippen molar-refractivity contribution in [3.05, 3.63) is 96.0 Å². The van der Waals surface area contributed by atoms with Crippen LogP contribution in [-0.2, 0) is 14.8 Å². The number of sulfonamides is 1. The Morgan fingerprint density at radius 1 is 1.11 bits per heavy atom. The number of hydrogen-bond donors (Lipinski definition) is 2. The minimum Gasteiger partial charge on any atom is -0.339 e. The molecule has 4 rings (SSSR count).